The summed E-state index contributed by atoms with van der Waals surface area (Å²) < 4.78 is 0. The Kier molecular flexibility index (Phi) is 2.00. The molecule has 0 radical (unpaired) electrons. The molecule has 4 rings (SSSR count). The maximum absolute atomic E-state index is 4.43. The van der Waals surface area contributed by atoms with E-state index in [-0.39, 0.29) is 0 Å². The Morgan fingerprint density at radius 3 is 2.95 bits per heavy atom. The number of benzene rings is 1. The van der Waals surface area contributed by atoms with E-state index >= 15 is 0 Å². The van der Waals surface area contributed by atoms with E-state index in [1.165, 1.54) is 0 Å². The molecule has 2 N–H and O–H groups in total. The van der Waals surface area contributed by atoms with Crippen LogP contribution in [0, 0.1) is 6.92 Å². The van der Waals surface area contributed by atoms with E-state index in [0.29, 0.717) is 0 Å². The van der Waals surface area contributed by atoms with Crippen LogP contribution in [0.25, 0.3) is 33.1 Å². The third kappa shape index (κ3) is 1.53. The molecule has 19 heavy (non-hydrogen) atoms. The van der Waals surface area contributed by atoms with Gasteiger partial charge in [-0.25, -0.2) is 4.98 Å². The zero-order valence-electron chi connectivity index (χ0n) is 10.4. The van der Waals surface area contributed by atoms with E-state index in [2.05, 4.69) is 38.4 Å². The molecule has 0 unspecified atom stereocenters. The highest BCUT2D eigenvalue weighted by Gasteiger charge is 2.05. The van der Waals surface area contributed by atoms with Crippen LogP contribution >= 0.6 is 0 Å². The number of nitrogens with one attached hydrogen (secondary N) is 2. The monoisotopic (exact) mass is 248 g/mol. The molecule has 0 saturated heterocycles. The van der Waals surface area contributed by atoms with Crippen LogP contribution in [0.4, 0.5) is 0 Å². The molecule has 0 aliphatic heterocycles. The SMILES string of the molecule is Cc1[nH]nc2ccc(-c3cnc4[nH]ccc4c3)cc12. The fraction of sp³-hybridized carbons (Fsp3) is 0.0667. The van der Waals surface area contributed by atoms with Crippen molar-refractivity contribution in [2.45, 2.75) is 6.92 Å². The molecule has 1 aromatic carbocycles. The molecule has 0 aliphatic rings. The Morgan fingerprint density at radius 1 is 1.05 bits per heavy atom. The second-order valence-electron chi connectivity index (χ2n) is 4.72. The number of aromatic nitrogens is 4. The van der Waals surface area contributed by atoms with Crippen molar-refractivity contribution in [3.63, 3.8) is 0 Å². The molecule has 92 valence electrons. The molecule has 3 aromatic heterocycles. The number of hydrogen-bond donors (Lipinski definition) is 2. The van der Waals surface area contributed by atoms with Gasteiger partial charge in [-0.3, -0.25) is 5.10 Å². The minimum Gasteiger partial charge on any atom is -0.346 e. The number of hydrogen-bond acceptors (Lipinski definition) is 2. The number of rotatable bonds is 1. The maximum atomic E-state index is 4.43. The molecule has 4 aromatic rings. The van der Waals surface area contributed by atoms with Crippen LogP contribution in [0.5, 0.6) is 0 Å². The summed E-state index contributed by atoms with van der Waals surface area (Å²) in [4.78, 5) is 7.54. The standard InChI is InChI=1S/C15H12N4/c1-9-13-7-10(2-3-14(13)19-18-9)12-6-11-4-5-16-15(11)17-8-12/h2-8H,1H3,(H,16,17)(H,18,19). The molecule has 0 aliphatic carbocycles. The molecule has 0 atom stereocenters. The van der Waals surface area contributed by atoms with Crippen molar-refractivity contribution < 1.29 is 0 Å². The zero-order chi connectivity index (χ0) is 12.8. The quantitative estimate of drug-likeness (QED) is 0.542. The lowest BCUT2D eigenvalue weighted by atomic mass is 10.0. The second kappa shape index (κ2) is 3.68. The van der Waals surface area contributed by atoms with Gasteiger partial charge in [-0.2, -0.15) is 5.10 Å². The molecular formula is C15H12N4. The third-order valence-corrected chi connectivity index (χ3v) is 3.48. The van der Waals surface area contributed by atoms with Gasteiger partial charge in [0.05, 0.1) is 5.52 Å². The van der Waals surface area contributed by atoms with Crippen molar-refractivity contribution in [3.05, 3.63) is 48.4 Å². The minimum atomic E-state index is 0.921. The van der Waals surface area contributed by atoms with Gasteiger partial charge in [0.15, 0.2) is 0 Å². The maximum Gasteiger partial charge on any atom is 0.137 e. The van der Waals surface area contributed by atoms with Gasteiger partial charge in [0, 0.05) is 34.4 Å². The molecule has 4 heteroatoms. The summed E-state index contributed by atoms with van der Waals surface area (Å²) in [7, 11) is 0. The van der Waals surface area contributed by atoms with Crippen LogP contribution in [-0.4, -0.2) is 20.2 Å². The first-order chi connectivity index (χ1) is 9.31. The highest BCUT2D eigenvalue weighted by molar-refractivity contribution is 5.88. The summed E-state index contributed by atoms with van der Waals surface area (Å²) in [5.74, 6) is 0. The molecule has 0 saturated carbocycles. The first-order valence-corrected chi connectivity index (χ1v) is 6.19. The lowest BCUT2D eigenvalue weighted by molar-refractivity contribution is 1.07. The van der Waals surface area contributed by atoms with E-state index in [1.807, 2.05) is 31.5 Å². The fourth-order valence-corrected chi connectivity index (χ4v) is 2.42. The fourth-order valence-electron chi connectivity index (χ4n) is 2.42. The van der Waals surface area contributed by atoms with E-state index in [9.17, 15) is 0 Å². The number of aromatic amines is 2. The highest BCUT2D eigenvalue weighted by Crippen LogP contribution is 2.26. The molecule has 4 nitrogen and oxygen atoms in total. The predicted octanol–water partition coefficient (Wildman–Crippen LogP) is 3.41. The van der Waals surface area contributed by atoms with Crippen LogP contribution in [0.1, 0.15) is 5.69 Å². The lowest BCUT2D eigenvalue weighted by Gasteiger charge is -2.02. The largest absolute Gasteiger partial charge is 0.346 e. The van der Waals surface area contributed by atoms with Crippen LogP contribution in [-0.2, 0) is 0 Å². The molecule has 0 spiro atoms. The second-order valence-corrected chi connectivity index (χ2v) is 4.72. The minimum absolute atomic E-state index is 0.921. The molecule has 3 heterocycles. The van der Waals surface area contributed by atoms with Crippen molar-refractivity contribution in [3.8, 4) is 11.1 Å². The molecule has 0 bridgehead atoms. The zero-order valence-corrected chi connectivity index (χ0v) is 10.4. The molecule has 0 amide bonds. The first kappa shape index (κ1) is 10.3. The van der Waals surface area contributed by atoms with Gasteiger partial charge in [-0.1, -0.05) is 6.07 Å². The topological polar surface area (TPSA) is 57.4 Å². The average molecular weight is 248 g/mol. The van der Waals surface area contributed by atoms with E-state index in [1.54, 1.807) is 0 Å². The summed E-state index contributed by atoms with van der Waals surface area (Å²) in [6.45, 7) is 2.03. The number of fused-ring (bicyclic) bond motifs is 2. The smallest absolute Gasteiger partial charge is 0.137 e. The van der Waals surface area contributed by atoms with Crippen molar-refractivity contribution in [1.29, 1.82) is 0 Å². The Labute approximate surface area is 109 Å². The Hall–Kier alpha value is -2.62. The Bertz CT molecular complexity index is 885. The summed E-state index contributed by atoms with van der Waals surface area (Å²) in [5, 5.41) is 9.54. The molecular weight excluding hydrogens is 236 g/mol. The van der Waals surface area contributed by atoms with Gasteiger partial charge < -0.3 is 4.98 Å². The van der Waals surface area contributed by atoms with Crippen molar-refractivity contribution >= 4 is 21.9 Å². The van der Waals surface area contributed by atoms with E-state index in [4.69, 9.17) is 0 Å². The normalized spacial score (nSPS) is 11.4. The van der Waals surface area contributed by atoms with E-state index in [0.717, 1.165) is 38.8 Å². The summed E-state index contributed by atoms with van der Waals surface area (Å²) >= 11 is 0. The summed E-state index contributed by atoms with van der Waals surface area (Å²) in [6, 6.07) is 10.5. The van der Waals surface area contributed by atoms with Crippen molar-refractivity contribution in [1.82, 2.24) is 20.2 Å². The van der Waals surface area contributed by atoms with Gasteiger partial charge in [0.25, 0.3) is 0 Å². The van der Waals surface area contributed by atoms with Crippen LogP contribution in [0.15, 0.2) is 42.7 Å². The van der Waals surface area contributed by atoms with Gasteiger partial charge in [0.1, 0.15) is 5.65 Å². The Balaban J connectivity index is 1.94. The van der Waals surface area contributed by atoms with Gasteiger partial charge in [-0.15, -0.1) is 0 Å². The lowest BCUT2D eigenvalue weighted by Crippen LogP contribution is -1.82. The van der Waals surface area contributed by atoms with Crippen LogP contribution < -0.4 is 0 Å². The molecule has 0 fully saturated rings. The van der Waals surface area contributed by atoms with Crippen LogP contribution in [0.2, 0.25) is 0 Å². The summed E-state index contributed by atoms with van der Waals surface area (Å²) in [6.07, 6.45) is 3.81. The predicted molar refractivity (Wildman–Crippen MR) is 75.9 cm³/mol. The summed E-state index contributed by atoms with van der Waals surface area (Å²) in [5.41, 5.74) is 5.29. The highest BCUT2D eigenvalue weighted by atomic mass is 15.1. The van der Waals surface area contributed by atoms with Crippen molar-refractivity contribution in [2.24, 2.45) is 0 Å². The number of H-pyrrole nitrogens is 2. The van der Waals surface area contributed by atoms with E-state index < -0.39 is 0 Å². The van der Waals surface area contributed by atoms with Gasteiger partial charge in [-0.05, 0) is 36.8 Å². The van der Waals surface area contributed by atoms with Gasteiger partial charge >= 0.3 is 0 Å². The first-order valence-electron chi connectivity index (χ1n) is 6.19. The van der Waals surface area contributed by atoms with Gasteiger partial charge in [0.2, 0.25) is 0 Å². The van der Waals surface area contributed by atoms with Crippen molar-refractivity contribution in [2.75, 3.05) is 0 Å². The Morgan fingerprint density at radius 2 is 2.00 bits per heavy atom. The number of aryl methyl sites for hydroxylation is 1. The average Bonchev–Trinajstić information content (AvgIpc) is 3.05. The third-order valence-electron chi connectivity index (χ3n) is 3.48. The van der Waals surface area contributed by atoms with Crippen LogP contribution in [0.3, 0.4) is 0 Å². The number of nitrogens with zero attached hydrogens (tertiary/aromatic N) is 2. The number of pyridine rings is 1.